The van der Waals surface area contributed by atoms with Gasteiger partial charge in [-0.1, -0.05) is 17.7 Å². The van der Waals surface area contributed by atoms with Gasteiger partial charge in [-0.25, -0.2) is 13.1 Å². The van der Waals surface area contributed by atoms with Crippen molar-refractivity contribution in [1.82, 2.24) is 4.72 Å². The quantitative estimate of drug-likeness (QED) is 0.828. The van der Waals surface area contributed by atoms with Gasteiger partial charge in [-0.3, -0.25) is 0 Å². The third-order valence-electron chi connectivity index (χ3n) is 6.79. The Labute approximate surface area is 159 Å². The largest absolute Gasteiger partial charge is 0.545 e. The number of carbonyl (C=O) groups is 1. The molecular weight excluding hydrogens is 374 g/mol. The Kier molecular flexibility index (Phi) is 4.36. The number of sulfonamides is 1. The molecule has 0 saturated heterocycles. The maximum Gasteiger partial charge on any atom is 0.242 e. The van der Waals surface area contributed by atoms with Gasteiger partial charge in [0.05, 0.1) is 11.0 Å². The average Bonchev–Trinajstić information content (AvgIpc) is 2.53. The summed E-state index contributed by atoms with van der Waals surface area (Å²) in [7, 11) is -3.91. The van der Waals surface area contributed by atoms with Crippen LogP contribution in [0.25, 0.3) is 0 Å². The van der Waals surface area contributed by atoms with E-state index in [2.05, 4.69) is 4.72 Å². The molecule has 1 atom stereocenters. The zero-order chi connectivity index (χ0) is 18.7. The summed E-state index contributed by atoms with van der Waals surface area (Å²) in [6.07, 6.45) is 7.11. The predicted octanol–water partition coefficient (Wildman–Crippen LogP) is 2.59. The van der Waals surface area contributed by atoms with Gasteiger partial charge in [0.15, 0.2) is 0 Å². The normalized spacial score (nSPS) is 34.0. The third kappa shape index (κ3) is 3.06. The topological polar surface area (TPSA) is 86.3 Å². The van der Waals surface area contributed by atoms with E-state index in [-0.39, 0.29) is 26.9 Å². The van der Waals surface area contributed by atoms with Crippen molar-refractivity contribution in [1.29, 1.82) is 0 Å². The Morgan fingerprint density at radius 3 is 2.23 bits per heavy atom. The zero-order valence-electron chi connectivity index (χ0n) is 14.7. The van der Waals surface area contributed by atoms with E-state index >= 15 is 0 Å². The highest BCUT2D eigenvalue weighted by Gasteiger charge is 2.53. The first-order chi connectivity index (χ1) is 12.2. The van der Waals surface area contributed by atoms with Gasteiger partial charge in [-0.05, 0) is 86.3 Å². The van der Waals surface area contributed by atoms with Gasteiger partial charge >= 0.3 is 0 Å². The number of carboxylic acid groups (broad SMARTS) is 1. The van der Waals surface area contributed by atoms with Crippen LogP contribution >= 0.6 is 11.6 Å². The molecule has 1 aromatic carbocycles. The minimum atomic E-state index is -3.91. The van der Waals surface area contributed by atoms with Gasteiger partial charge in [-0.2, -0.15) is 0 Å². The van der Waals surface area contributed by atoms with Crippen LogP contribution in [0.15, 0.2) is 23.1 Å². The smallest absolute Gasteiger partial charge is 0.242 e. The number of benzene rings is 1. The molecule has 0 radical (unpaired) electrons. The lowest BCUT2D eigenvalue weighted by molar-refractivity contribution is -0.255. The highest BCUT2D eigenvalue weighted by molar-refractivity contribution is 7.89. The average molecular weight is 397 g/mol. The minimum absolute atomic E-state index is 0.0141. The maximum absolute atomic E-state index is 12.9. The second-order valence-electron chi connectivity index (χ2n) is 8.56. The fraction of sp³-hybridized carbons (Fsp3) is 0.632. The number of hydrogen-bond donors (Lipinski definition) is 1. The van der Waals surface area contributed by atoms with Crippen LogP contribution in [0.5, 0.6) is 0 Å². The highest BCUT2D eigenvalue weighted by atomic mass is 35.5. The van der Waals surface area contributed by atoms with E-state index in [9.17, 15) is 18.3 Å². The van der Waals surface area contributed by atoms with Gasteiger partial charge in [0, 0.05) is 6.04 Å². The fourth-order valence-electron chi connectivity index (χ4n) is 5.97. The number of nitrogens with one attached hydrogen (secondary N) is 1. The van der Waals surface area contributed by atoms with E-state index in [1.165, 1.54) is 31.4 Å². The van der Waals surface area contributed by atoms with Crippen molar-refractivity contribution in [3.05, 3.63) is 28.8 Å². The Hall–Kier alpha value is -1.11. The standard InChI is InChI=1S/C19H24ClNO4S/c1-11(19-8-12-4-13(9-19)6-14(5-12)10-19)21-26(24,25)17-7-15(18(22)23)2-3-16(17)20/h2-3,7,11-14,21H,4-6,8-10H2,1H3,(H,22,23)/p-1/t11-,12?,13?,14?,19?/m0/s1. The molecule has 0 aliphatic heterocycles. The Morgan fingerprint density at radius 1 is 1.19 bits per heavy atom. The second-order valence-corrected chi connectivity index (χ2v) is 10.6. The number of aromatic carboxylic acids is 1. The fourth-order valence-corrected chi connectivity index (χ4v) is 7.84. The number of rotatable bonds is 5. The van der Waals surface area contributed by atoms with Crippen molar-refractivity contribution < 1.29 is 18.3 Å². The second kappa shape index (κ2) is 6.21. The van der Waals surface area contributed by atoms with Gasteiger partial charge < -0.3 is 9.90 Å². The first-order valence-corrected chi connectivity index (χ1v) is 11.1. The van der Waals surface area contributed by atoms with E-state index in [0.717, 1.165) is 43.1 Å². The maximum atomic E-state index is 12.9. The summed E-state index contributed by atoms with van der Waals surface area (Å²) in [5.74, 6) is 0.738. The van der Waals surface area contributed by atoms with Crippen LogP contribution in [0.4, 0.5) is 0 Å². The molecule has 0 unspecified atom stereocenters. The van der Waals surface area contributed by atoms with Crippen molar-refractivity contribution in [2.24, 2.45) is 23.2 Å². The SMILES string of the molecule is C[C@H](NS(=O)(=O)c1cc(C(=O)[O-])ccc1Cl)C12CC3CC(CC(C3)C1)C2. The Morgan fingerprint density at radius 2 is 1.73 bits per heavy atom. The molecule has 4 aliphatic rings. The van der Waals surface area contributed by atoms with Crippen LogP contribution in [0.3, 0.4) is 0 Å². The minimum Gasteiger partial charge on any atom is -0.545 e. The Bertz CT molecular complexity index is 816. The molecule has 142 valence electrons. The molecule has 0 aromatic heterocycles. The predicted molar refractivity (Wildman–Crippen MR) is 96.2 cm³/mol. The van der Waals surface area contributed by atoms with E-state index in [0.29, 0.717) is 0 Å². The summed E-state index contributed by atoms with van der Waals surface area (Å²) in [4.78, 5) is 10.9. The van der Waals surface area contributed by atoms with Crippen molar-refractivity contribution in [2.45, 2.75) is 56.4 Å². The summed E-state index contributed by atoms with van der Waals surface area (Å²) in [5, 5.41) is 11.1. The highest BCUT2D eigenvalue weighted by Crippen LogP contribution is 2.61. The van der Waals surface area contributed by atoms with Crippen molar-refractivity contribution in [2.75, 3.05) is 0 Å². The van der Waals surface area contributed by atoms with E-state index in [1.54, 1.807) is 0 Å². The number of halogens is 1. The molecule has 0 heterocycles. The molecule has 1 aromatic rings. The summed E-state index contributed by atoms with van der Waals surface area (Å²) < 4.78 is 28.7. The van der Waals surface area contributed by atoms with Crippen molar-refractivity contribution >= 4 is 27.6 Å². The molecule has 0 spiro atoms. The molecule has 4 bridgehead atoms. The lowest BCUT2D eigenvalue weighted by atomic mass is 9.48. The molecule has 5 nitrogen and oxygen atoms in total. The number of carboxylic acids is 1. The van der Waals surface area contributed by atoms with Gasteiger partial charge in [0.2, 0.25) is 10.0 Å². The molecule has 26 heavy (non-hydrogen) atoms. The summed E-state index contributed by atoms with van der Waals surface area (Å²) in [5.41, 5.74) is -0.183. The third-order valence-corrected chi connectivity index (χ3v) is 8.81. The van der Waals surface area contributed by atoms with Crippen molar-refractivity contribution in [3.63, 3.8) is 0 Å². The monoisotopic (exact) mass is 396 g/mol. The van der Waals surface area contributed by atoms with E-state index in [1.807, 2.05) is 6.92 Å². The Balaban J connectivity index is 1.60. The summed E-state index contributed by atoms with van der Waals surface area (Å²) in [6, 6.07) is 3.41. The van der Waals surface area contributed by atoms with Crippen molar-refractivity contribution in [3.8, 4) is 0 Å². The van der Waals surface area contributed by atoms with Crippen LogP contribution in [0.2, 0.25) is 5.02 Å². The van der Waals surface area contributed by atoms with E-state index < -0.39 is 16.0 Å². The van der Waals surface area contributed by atoms with Crippen LogP contribution < -0.4 is 9.83 Å². The molecule has 5 rings (SSSR count). The number of hydrogen-bond acceptors (Lipinski definition) is 4. The summed E-state index contributed by atoms with van der Waals surface area (Å²) in [6.45, 7) is 1.95. The van der Waals surface area contributed by atoms with Gasteiger partial charge in [-0.15, -0.1) is 0 Å². The van der Waals surface area contributed by atoms with Crippen LogP contribution in [-0.2, 0) is 10.0 Å². The van der Waals surface area contributed by atoms with Crippen LogP contribution in [-0.4, -0.2) is 20.4 Å². The van der Waals surface area contributed by atoms with E-state index in [4.69, 9.17) is 11.6 Å². The lowest BCUT2D eigenvalue weighted by Gasteiger charge is -2.59. The molecule has 4 aliphatic carbocycles. The molecule has 4 fully saturated rings. The molecule has 0 amide bonds. The van der Waals surface area contributed by atoms with Crippen LogP contribution in [0, 0.1) is 23.2 Å². The lowest BCUT2D eigenvalue weighted by Crippen LogP contribution is -2.55. The van der Waals surface area contributed by atoms with Gasteiger partial charge in [0.25, 0.3) is 0 Å². The van der Waals surface area contributed by atoms with Crippen LogP contribution in [0.1, 0.15) is 55.8 Å². The first-order valence-electron chi connectivity index (χ1n) is 9.22. The first kappa shape index (κ1) is 18.3. The molecule has 1 N–H and O–H groups in total. The zero-order valence-corrected chi connectivity index (χ0v) is 16.3. The molecular formula is C19H23ClNO4S-. The summed E-state index contributed by atoms with van der Waals surface area (Å²) >= 11 is 6.06. The molecule has 4 saturated carbocycles. The molecule has 7 heteroatoms. The number of carbonyl (C=O) groups excluding carboxylic acids is 1. The van der Waals surface area contributed by atoms with Gasteiger partial charge in [0.1, 0.15) is 4.90 Å².